The summed E-state index contributed by atoms with van der Waals surface area (Å²) in [6.07, 6.45) is 0.705. The maximum Gasteiger partial charge on any atom is 0.416 e. The molecule has 0 unspecified atom stereocenters. The maximum atomic E-state index is 13.0. The Labute approximate surface area is 143 Å². The summed E-state index contributed by atoms with van der Waals surface area (Å²) in [4.78, 5) is 12.9. The fraction of sp³-hybridized carbons (Fsp3) is 0.562. The molecule has 0 bridgehead atoms. The van der Waals surface area contributed by atoms with E-state index in [1.54, 1.807) is 6.26 Å². The molecule has 0 aliphatic heterocycles. The summed E-state index contributed by atoms with van der Waals surface area (Å²) >= 11 is 1.07. The van der Waals surface area contributed by atoms with E-state index in [0.29, 0.717) is 0 Å². The Morgan fingerprint density at radius 1 is 1.33 bits per heavy atom. The van der Waals surface area contributed by atoms with Gasteiger partial charge < -0.3 is 15.8 Å². The first kappa shape index (κ1) is 18.9. The highest BCUT2D eigenvalue weighted by Crippen LogP contribution is 2.38. The molecule has 1 aromatic rings. The molecule has 24 heavy (non-hydrogen) atoms. The lowest BCUT2D eigenvalue weighted by Crippen LogP contribution is -2.49. The number of benzene rings is 1. The van der Waals surface area contributed by atoms with Gasteiger partial charge in [0.2, 0.25) is 0 Å². The van der Waals surface area contributed by atoms with Gasteiger partial charge in [0.1, 0.15) is 5.75 Å². The number of hydrogen-bond donors (Lipinski definition) is 2. The van der Waals surface area contributed by atoms with Crippen LogP contribution in [0.25, 0.3) is 0 Å². The van der Waals surface area contributed by atoms with Crippen molar-refractivity contribution in [3.05, 3.63) is 23.3 Å². The van der Waals surface area contributed by atoms with Gasteiger partial charge in [-0.2, -0.15) is 13.2 Å². The van der Waals surface area contributed by atoms with Crippen LogP contribution in [0, 0.1) is 0 Å². The Morgan fingerprint density at radius 3 is 2.54 bits per heavy atom. The summed E-state index contributed by atoms with van der Waals surface area (Å²) < 4.78 is 44.0. The highest BCUT2D eigenvalue weighted by Gasteiger charge is 2.34. The molecule has 2 rings (SSSR count). The van der Waals surface area contributed by atoms with Gasteiger partial charge in [0, 0.05) is 17.0 Å². The van der Waals surface area contributed by atoms with Crippen LogP contribution < -0.4 is 15.8 Å². The number of amides is 1. The fourth-order valence-electron chi connectivity index (χ4n) is 2.88. The number of thioether (sulfide) groups is 1. The third-order valence-electron chi connectivity index (χ3n) is 4.20. The predicted molar refractivity (Wildman–Crippen MR) is 87.5 cm³/mol. The largest absolute Gasteiger partial charge is 0.496 e. The van der Waals surface area contributed by atoms with Crippen LogP contribution in [-0.4, -0.2) is 31.4 Å². The van der Waals surface area contributed by atoms with Crippen molar-refractivity contribution in [2.24, 2.45) is 5.73 Å². The fourth-order valence-corrected chi connectivity index (χ4v) is 3.52. The average Bonchev–Trinajstić information content (AvgIpc) is 2.54. The quantitative estimate of drug-likeness (QED) is 0.806. The number of hydrogen-bond acceptors (Lipinski definition) is 4. The molecule has 1 amide bonds. The molecule has 1 fully saturated rings. The van der Waals surface area contributed by atoms with Crippen LogP contribution >= 0.6 is 11.8 Å². The second kappa shape index (κ2) is 7.65. The van der Waals surface area contributed by atoms with Crippen LogP contribution in [0.1, 0.15) is 41.6 Å². The molecule has 0 spiro atoms. The zero-order chi connectivity index (χ0) is 17.9. The minimum atomic E-state index is -4.50. The second-order valence-electron chi connectivity index (χ2n) is 5.78. The number of nitrogens with one attached hydrogen (secondary N) is 1. The Bertz CT molecular complexity index is 582. The summed E-state index contributed by atoms with van der Waals surface area (Å²) in [5.74, 6) is -0.539. The summed E-state index contributed by atoms with van der Waals surface area (Å²) in [6.45, 7) is 0. The monoisotopic (exact) mass is 362 g/mol. The van der Waals surface area contributed by atoms with Gasteiger partial charge in [-0.25, -0.2) is 0 Å². The lowest BCUT2D eigenvalue weighted by molar-refractivity contribution is -0.137. The number of rotatable bonds is 4. The molecule has 0 aromatic heterocycles. The van der Waals surface area contributed by atoms with E-state index in [1.165, 1.54) is 7.11 Å². The zero-order valence-corrected chi connectivity index (χ0v) is 14.4. The molecule has 2 atom stereocenters. The Hall–Kier alpha value is -1.41. The second-order valence-corrected chi connectivity index (χ2v) is 6.63. The standard InChI is InChI=1S/C16H21F3N2O2S/c1-23-12-7-9(16(17,18)19)8-13(24-2)14(12)15(22)21-11-6-4-3-5-10(11)20/h7-8,10-11H,3-6,20H2,1-2H3,(H,21,22)/t10-,11+/m0/s1. The molecule has 1 aliphatic rings. The van der Waals surface area contributed by atoms with E-state index in [9.17, 15) is 18.0 Å². The van der Waals surface area contributed by atoms with Crippen molar-refractivity contribution in [3.63, 3.8) is 0 Å². The first-order chi connectivity index (χ1) is 11.3. The number of carbonyl (C=O) groups is 1. The van der Waals surface area contributed by atoms with Gasteiger partial charge in [-0.05, 0) is 31.2 Å². The number of nitrogens with two attached hydrogens (primary N) is 1. The molecule has 1 aliphatic carbocycles. The molecule has 0 radical (unpaired) electrons. The minimum absolute atomic E-state index is 0.0870. The Balaban J connectivity index is 2.35. The molecule has 4 nitrogen and oxygen atoms in total. The molecular formula is C16H21F3N2O2S. The SMILES string of the molecule is COc1cc(C(F)(F)F)cc(SC)c1C(=O)N[C@@H]1CCCC[C@@H]1N. The third kappa shape index (κ3) is 4.16. The van der Waals surface area contributed by atoms with E-state index >= 15 is 0 Å². The Morgan fingerprint density at radius 2 is 2.00 bits per heavy atom. The lowest BCUT2D eigenvalue weighted by atomic mass is 9.91. The molecule has 8 heteroatoms. The van der Waals surface area contributed by atoms with E-state index in [1.807, 2.05) is 0 Å². The van der Waals surface area contributed by atoms with Gasteiger partial charge in [-0.3, -0.25) is 4.79 Å². The van der Waals surface area contributed by atoms with E-state index < -0.39 is 17.6 Å². The van der Waals surface area contributed by atoms with E-state index in [4.69, 9.17) is 10.5 Å². The summed E-state index contributed by atoms with van der Waals surface area (Å²) in [5.41, 5.74) is 5.31. The van der Waals surface area contributed by atoms with Crippen LogP contribution in [0.15, 0.2) is 17.0 Å². The van der Waals surface area contributed by atoms with Crippen LogP contribution in [-0.2, 0) is 6.18 Å². The maximum absolute atomic E-state index is 13.0. The van der Waals surface area contributed by atoms with Crippen molar-refractivity contribution in [2.75, 3.05) is 13.4 Å². The molecular weight excluding hydrogens is 341 g/mol. The first-order valence-electron chi connectivity index (χ1n) is 7.67. The van der Waals surface area contributed by atoms with Crippen molar-refractivity contribution in [3.8, 4) is 5.75 Å². The van der Waals surface area contributed by atoms with Crippen molar-refractivity contribution >= 4 is 17.7 Å². The number of carbonyl (C=O) groups excluding carboxylic acids is 1. The molecule has 3 N–H and O–H groups in total. The molecule has 1 aromatic carbocycles. The Kier molecular flexibility index (Phi) is 6.03. The zero-order valence-electron chi connectivity index (χ0n) is 13.6. The molecule has 1 saturated carbocycles. The summed E-state index contributed by atoms with van der Waals surface area (Å²) in [6, 6.07) is 1.52. The minimum Gasteiger partial charge on any atom is -0.496 e. The van der Waals surface area contributed by atoms with Gasteiger partial charge in [0.25, 0.3) is 5.91 Å². The van der Waals surface area contributed by atoms with Crippen LogP contribution in [0.3, 0.4) is 0 Å². The number of ether oxygens (including phenoxy) is 1. The summed E-state index contributed by atoms with van der Waals surface area (Å²) in [7, 11) is 1.25. The molecule has 0 heterocycles. The number of halogens is 3. The van der Waals surface area contributed by atoms with Gasteiger partial charge >= 0.3 is 6.18 Å². The number of methoxy groups -OCH3 is 1. The topological polar surface area (TPSA) is 64.3 Å². The molecule has 0 saturated heterocycles. The van der Waals surface area contributed by atoms with Crippen LogP contribution in [0.4, 0.5) is 13.2 Å². The van der Waals surface area contributed by atoms with E-state index in [0.717, 1.165) is 49.6 Å². The first-order valence-corrected chi connectivity index (χ1v) is 8.90. The van der Waals surface area contributed by atoms with Gasteiger partial charge in [0.05, 0.1) is 18.2 Å². The summed E-state index contributed by atoms with van der Waals surface area (Å²) in [5, 5.41) is 2.85. The van der Waals surface area contributed by atoms with Crippen molar-refractivity contribution in [1.82, 2.24) is 5.32 Å². The highest BCUT2D eigenvalue weighted by molar-refractivity contribution is 7.98. The van der Waals surface area contributed by atoms with Gasteiger partial charge in [0.15, 0.2) is 0 Å². The van der Waals surface area contributed by atoms with E-state index in [-0.39, 0.29) is 28.3 Å². The van der Waals surface area contributed by atoms with Gasteiger partial charge in [-0.15, -0.1) is 11.8 Å². The van der Waals surface area contributed by atoms with Crippen molar-refractivity contribution < 1.29 is 22.7 Å². The third-order valence-corrected chi connectivity index (χ3v) is 4.96. The smallest absolute Gasteiger partial charge is 0.416 e. The van der Waals surface area contributed by atoms with Crippen molar-refractivity contribution in [2.45, 2.75) is 48.8 Å². The van der Waals surface area contributed by atoms with Crippen LogP contribution in [0.5, 0.6) is 5.75 Å². The highest BCUT2D eigenvalue weighted by atomic mass is 32.2. The van der Waals surface area contributed by atoms with Crippen LogP contribution in [0.2, 0.25) is 0 Å². The van der Waals surface area contributed by atoms with Crippen molar-refractivity contribution in [1.29, 1.82) is 0 Å². The normalized spacial score (nSPS) is 21.4. The predicted octanol–water partition coefficient (Wildman–Crippen LogP) is 3.44. The van der Waals surface area contributed by atoms with Gasteiger partial charge in [-0.1, -0.05) is 12.8 Å². The molecule has 134 valence electrons. The van der Waals surface area contributed by atoms with E-state index in [2.05, 4.69) is 5.32 Å². The average molecular weight is 362 g/mol. The number of alkyl halides is 3. The lowest BCUT2D eigenvalue weighted by Gasteiger charge is -2.29.